The second-order valence-corrected chi connectivity index (χ2v) is 7.69. The van der Waals surface area contributed by atoms with Crippen LogP contribution in [-0.4, -0.2) is 49.4 Å². The summed E-state index contributed by atoms with van der Waals surface area (Å²) in [6.07, 6.45) is 0. The van der Waals surface area contributed by atoms with Crippen molar-refractivity contribution < 1.29 is 23.9 Å². The van der Waals surface area contributed by atoms with Gasteiger partial charge in [0.1, 0.15) is 11.1 Å². The van der Waals surface area contributed by atoms with Crippen LogP contribution >= 0.6 is 23.4 Å². The number of nitro benzene ring substituents is 1. The molecule has 1 aliphatic rings. The highest BCUT2D eigenvalue weighted by Crippen LogP contribution is 2.46. The number of ether oxygens (including phenoxy) is 3. The molecule has 1 fully saturated rings. The van der Waals surface area contributed by atoms with Gasteiger partial charge in [0.25, 0.3) is 11.6 Å². The quantitative estimate of drug-likeness (QED) is 0.494. The summed E-state index contributed by atoms with van der Waals surface area (Å²) in [4.78, 5) is 25.2. The number of carbonyl (C=O) groups excluding carboxylic acids is 1. The van der Waals surface area contributed by atoms with Crippen LogP contribution in [0.3, 0.4) is 0 Å². The highest BCUT2D eigenvalue weighted by molar-refractivity contribution is 7.99. The molecule has 1 aliphatic heterocycles. The third kappa shape index (κ3) is 4.06. The Morgan fingerprint density at radius 3 is 2.38 bits per heavy atom. The van der Waals surface area contributed by atoms with Gasteiger partial charge >= 0.3 is 0 Å². The highest BCUT2D eigenvalue weighted by Gasteiger charge is 2.35. The summed E-state index contributed by atoms with van der Waals surface area (Å²) in [5.74, 6) is 2.02. The van der Waals surface area contributed by atoms with Crippen molar-refractivity contribution in [1.29, 1.82) is 0 Å². The number of hydrogen-bond donors (Lipinski definition) is 0. The lowest BCUT2D eigenvalue weighted by atomic mass is 10.1. The molecule has 0 aliphatic carbocycles. The molecule has 0 bridgehead atoms. The summed E-state index contributed by atoms with van der Waals surface area (Å²) in [7, 11) is 4.62. The van der Waals surface area contributed by atoms with Crippen molar-refractivity contribution in [3.05, 3.63) is 56.6 Å². The van der Waals surface area contributed by atoms with E-state index in [2.05, 4.69) is 0 Å². The molecule has 29 heavy (non-hydrogen) atoms. The van der Waals surface area contributed by atoms with E-state index in [9.17, 15) is 14.9 Å². The molecule has 3 rings (SSSR count). The number of carbonyl (C=O) groups is 1. The molecule has 1 amide bonds. The zero-order valence-corrected chi connectivity index (χ0v) is 17.6. The fraction of sp³-hybridized carbons (Fsp3) is 0.316. The van der Waals surface area contributed by atoms with Gasteiger partial charge in [0, 0.05) is 36.1 Å². The lowest BCUT2D eigenvalue weighted by Crippen LogP contribution is -2.30. The van der Waals surface area contributed by atoms with Crippen LogP contribution in [0.5, 0.6) is 17.2 Å². The van der Waals surface area contributed by atoms with Crippen LogP contribution in [0, 0.1) is 10.1 Å². The third-order valence-electron chi connectivity index (χ3n) is 4.55. The number of thioether (sulfide) groups is 1. The molecule has 1 saturated heterocycles. The molecule has 0 saturated carbocycles. The van der Waals surface area contributed by atoms with E-state index in [0.717, 1.165) is 11.3 Å². The number of nitro groups is 1. The Morgan fingerprint density at radius 1 is 1.14 bits per heavy atom. The Kier molecular flexibility index (Phi) is 6.39. The Hall–Kier alpha value is -2.65. The van der Waals surface area contributed by atoms with Crippen molar-refractivity contribution in [2.75, 3.05) is 33.6 Å². The fourth-order valence-electron chi connectivity index (χ4n) is 3.13. The van der Waals surface area contributed by atoms with Gasteiger partial charge in [-0.3, -0.25) is 14.9 Å². The number of nitrogens with zero attached hydrogens (tertiary/aromatic N) is 2. The topological polar surface area (TPSA) is 91.1 Å². The molecule has 0 aromatic heterocycles. The van der Waals surface area contributed by atoms with E-state index in [1.807, 2.05) is 0 Å². The predicted octanol–water partition coefficient (Wildman–Crippen LogP) is 4.16. The van der Waals surface area contributed by atoms with Gasteiger partial charge in [0.05, 0.1) is 36.8 Å². The smallest absolute Gasteiger partial charge is 0.270 e. The molecule has 10 heteroatoms. The lowest BCUT2D eigenvalue weighted by molar-refractivity contribution is -0.384. The molecule has 2 aromatic rings. The Labute approximate surface area is 176 Å². The summed E-state index contributed by atoms with van der Waals surface area (Å²) < 4.78 is 16.2. The molecule has 8 nitrogen and oxygen atoms in total. The van der Waals surface area contributed by atoms with Crippen molar-refractivity contribution >= 4 is 35.0 Å². The minimum atomic E-state index is -0.552. The fourth-order valence-corrected chi connectivity index (χ4v) is 4.65. The maximum Gasteiger partial charge on any atom is 0.270 e. The zero-order valence-electron chi connectivity index (χ0n) is 16.0. The van der Waals surface area contributed by atoms with E-state index < -0.39 is 4.92 Å². The summed E-state index contributed by atoms with van der Waals surface area (Å²) in [6, 6.07) is 7.35. The Morgan fingerprint density at radius 2 is 1.79 bits per heavy atom. The van der Waals surface area contributed by atoms with E-state index in [0.29, 0.717) is 23.8 Å². The summed E-state index contributed by atoms with van der Waals surface area (Å²) in [6.45, 7) is 0.499. The SMILES string of the molecule is COc1cc(OC)c(C2SCCN2C(=O)c2ccc([N+](=O)[O-])cc2Cl)cc1OC. The van der Waals surface area contributed by atoms with Gasteiger partial charge < -0.3 is 19.1 Å². The van der Waals surface area contributed by atoms with Gasteiger partial charge in [-0.25, -0.2) is 0 Å². The molecule has 1 unspecified atom stereocenters. The third-order valence-corrected chi connectivity index (χ3v) is 6.10. The van der Waals surface area contributed by atoms with Crippen LogP contribution in [0.2, 0.25) is 5.02 Å². The van der Waals surface area contributed by atoms with Crippen LogP contribution in [0.4, 0.5) is 5.69 Å². The largest absolute Gasteiger partial charge is 0.496 e. The second-order valence-electron chi connectivity index (χ2n) is 6.09. The van der Waals surface area contributed by atoms with E-state index >= 15 is 0 Å². The number of amides is 1. The summed E-state index contributed by atoms with van der Waals surface area (Å²) >= 11 is 7.75. The van der Waals surface area contributed by atoms with Gasteiger partial charge in [0.15, 0.2) is 11.5 Å². The maximum absolute atomic E-state index is 13.2. The van der Waals surface area contributed by atoms with Crippen molar-refractivity contribution in [2.45, 2.75) is 5.37 Å². The van der Waals surface area contributed by atoms with Gasteiger partial charge in [-0.2, -0.15) is 0 Å². The number of non-ortho nitro benzene ring substituents is 1. The normalized spacial score (nSPS) is 15.9. The van der Waals surface area contributed by atoms with Gasteiger partial charge in [0.2, 0.25) is 0 Å². The minimum Gasteiger partial charge on any atom is -0.496 e. The van der Waals surface area contributed by atoms with Crippen molar-refractivity contribution in [1.82, 2.24) is 4.90 Å². The number of hydrogen-bond acceptors (Lipinski definition) is 7. The van der Waals surface area contributed by atoms with E-state index in [1.165, 1.54) is 32.4 Å². The predicted molar refractivity (Wildman–Crippen MR) is 110 cm³/mol. The Bertz CT molecular complexity index is 955. The first-order valence-electron chi connectivity index (χ1n) is 8.57. The van der Waals surface area contributed by atoms with Crippen LogP contribution in [0.15, 0.2) is 30.3 Å². The van der Waals surface area contributed by atoms with Gasteiger partial charge in [-0.15, -0.1) is 11.8 Å². The minimum absolute atomic E-state index is 0.0409. The van der Waals surface area contributed by atoms with Crippen LogP contribution in [-0.2, 0) is 0 Å². The standard InChI is InChI=1S/C19H19ClN2O6S/c1-26-15-10-17(28-3)16(27-2)9-13(15)19-21(6-7-29-19)18(23)12-5-4-11(22(24)25)8-14(12)20/h4-5,8-10,19H,6-7H2,1-3H3. The average molecular weight is 439 g/mol. The number of rotatable bonds is 6. The van der Waals surface area contributed by atoms with Crippen molar-refractivity contribution in [3.8, 4) is 17.2 Å². The van der Waals surface area contributed by atoms with Crippen LogP contribution in [0.25, 0.3) is 0 Å². The van der Waals surface area contributed by atoms with E-state index in [-0.39, 0.29) is 27.6 Å². The number of methoxy groups -OCH3 is 3. The van der Waals surface area contributed by atoms with E-state index in [4.69, 9.17) is 25.8 Å². The maximum atomic E-state index is 13.2. The van der Waals surface area contributed by atoms with Gasteiger partial charge in [-0.05, 0) is 12.1 Å². The van der Waals surface area contributed by atoms with Crippen LogP contribution in [0.1, 0.15) is 21.3 Å². The first kappa shape index (κ1) is 21.1. The molecule has 1 atom stereocenters. The molecule has 1 heterocycles. The molecule has 0 spiro atoms. The van der Waals surface area contributed by atoms with Crippen molar-refractivity contribution in [3.63, 3.8) is 0 Å². The molecular weight excluding hydrogens is 420 g/mol. The molecule has 2 aromatic carbocycles. The van der Waals surface area contributed by atoms with Gasteiger partial charge in [-0.1, -0.05) is 11.6 Å². The molecular formula is C19H19ClN2O6S. The lowest BCUT2D eigenvalue weighted by Gasteiger charge is -2.26. The van der Waals surface area contributed by atoms with E-state index in [1.54, 1.807) is 35.9 Å². The van der Waals surface area contributed by atoms with Crippen LogP contribution < -0.4 is 14.2 Å². The molecule has 154 valence electrons. The Balaban J connectivity index is 1.98. The number of benzene rings is 2. The summed E-state index contributed by atoms with van der Waals surface area (Å²) in [5, 5.41) is 10.6. The molecule has 0 N–H and O–H groups in total. The zero-order chi connectivity index (χ0) is 21.1. The summed E-state index contributed by atoms with van der Waals surface area (Å²) in [5.41, 5.74) is 0.809. The molecule has 0 radical (unpaired) electrons. The monoisotopic (exact) mass is 438 g/mol. The average Bonchev–Trinajstić information content (AvgIpc) is 3.21. The first-order valence-corrected chi connectivity index (χ1v) is 10.00. The number of halogens is 1. The second kappa shape index (κ2) is 8.79. The highest BCUT2D eigenvalue weighted by atomic mass is 35.5. The van der Waals surface area contributed by atoms with Crippen molar-refractivity contribution in [2.24, 2.45) is 0 Å². The first-order chi connectivity index (χ1) is 13.9.